The first kappa shape index (κ1) is 9.33. The minimum Gasteiger partial charge on any atom is -0.313 e. The first-order chi connectivity index (χ1) is 7.43. The van der Waals surface area contributed by atoms with Crippen molar-refractivity contribution in [1.29, 1.82) is 0 Å². The maximum Gasteiger partial charge on any atom is 0.133 e. The molecule has 1 aliphatic carbocycles. The van der Waals surface area contributed by atoms with Gasteiger partial charge in [-0.1, -0.05) is 25.7 Å². The van der Waals surface area contributed by atoms with Gasteiger partial charge in [-0.25, -0.2) is 0 Å². The van der Waals surface area contributed by atoms with E-state index in [2.05, 4.69) is 20.1 Å². The molecule has 1 saturated carbocycles. The summed E-state index contributed by atoms with van der Waals surface area (Å²) in [5.74, 6) is 2.06. The second kappa shape index (κ2) is 3.93. The van der Waals surface area contributed by atoms with E-state index in [9.17, 15) is 0 Å². The van der Waals surface area contributed by atoms with Gasteiger partial charge in [0.25, 0.3) is 0 Å². The summed E-state index contributed by atoms with van der Waals surface area (Å²) < 4.78 is 2.27. The van der Waals surface area contributed by atoms with E-state index in [4.69, 9.17) is 0 Å². The van der Waals surface area contributed by atoms with E-state index >= 15 is 0 Å². The Labute approximate surface area is 90.1 Å². The van der Waals surface area contributed by atoms with Gasteiger partial charge in [0.05, 0.1) is 6.04 Å². The van der Waals surface area contributed by atoms with Gasteiger partial charge in [-0.3, -0.25) is 0 Å². The standard InChI is InChI=1S/C11H18N4/c1-2-4-9(3-1)5-11-14-13-8-15(11)10-6-12-7-10/h8-10,12H,1-7H2. The highest BCUT2D eigenvalue weighted by Gasteiger charge is 2.24. The van der Waals surface area contributed by atoms with Crippen LogP contribution < -0.4 is 5.32 Å². The second-order valence-corrected chi connectivity index (χ2v) is 4.82. The van der Waals surface area contributed by atoms with Crippen LogP contribution >= 0.6 is 0 Å². The summed E-state index contributed by atoms with van der Waals surface area (Å²) in [6.07, 6.45) is 8.62. The molecule has 2 aliphatic rings. The molecule has 1 saturated heterocycles. The van der Waals surface area contributed by atoms with Crippen molar-refractivity contribution in [3.63, 3.8) is 0 Å². The molecule has 3 rings (SSSR count). The van der Waals surface area contributed by atoms with Gasteiger partial charge in [-0.05, 0) is 5.92 Å². The maximum atomic E-state index is 4.27. The van der Waals surface area contributed by atoms with Crippen LogP contribution in [0.1, 0.15) is 37.5 Å². The molecule has 1 aromatic heterocycles. The molecule has 82 valence electrons. The molecular weight excluding hydrogens is 188 g/mol. The van der Waals surface area contributed by atoms with Crippen LogP contribution in [0, 0.1) is 5.92 Å². The lowest BCUT2D eigenvalue weighted by molar-refractivity contribution is 0.330. The third-order valence-electron chi connectivity index (χ3n) is 3.75. The minimum atomic E-state index is 0.608. The fourth-order valence-electron chi connectivity index (χ4n) is 2.66. The van der Waals surface area contributed by atoms with Crippen LogP contribution in [-0.4, -0.2) is 27.9 Å². The summed E-state index contributed by atoms with van der Waals surface area (Å²) in [5, 5.41) is 11.6. The molecule has 4 nitrogen and oxygen atoms in total. The first-order valence-corrected chi connectivity index (χ1v) is 6.02. The highest BCUT2D eigenvalue weighted by atomic mass is 15.3. The Balaban J connectivity index is 1.70. The van der Waals surface area contributed by atoms with E-state index in [0.717, 1.165) is 25.4 Å². The lowest BCUT2D eigenvalue weighted by Gasteiger charge is -2.29. The van der Waals surface area contributed by atoms with E-state index in [0.29, 0.717) is 6.04 Å². The Morgan fingerprint density at radius 2 is 2.13 bits per heavy atom. The van der Waals surface area contributed by atoms with E-state index in [1.807, 2.05) is 6.33 Å². The SMILES string of the molecule is c1nnc(CC2CCCC2)n1C1CNC1. The number of hydrogen-bond acceptors (Lipinski definition) is 3. The van der Waals surface area contributed by atoms with Gasteiger partial charge in [0.2, 0.25) is 0 Å². The van der Waals surface area contributed by atoms with Gasteiger partial charge in [-0.2, -0.15) is 0 Å². The van der Waals surface area contributed by atoms with Crippen LogP contribution in [0.25, 0.3) is 0 Å². The third kappa shape index (κ3) is 1.78. The van der Waals surface area contributed by atoms with E-state index < -0.39 is 0 Å². The minimum absolute atomic E-state index is 0.608. The fraction of sp³-hybridized carbons (Fsp3) is 0.818. The van der Waals surface area contributed by atoms with Crippen LogP contribution in [0.5, 0.6) is 0 Å². The van der Waals surface area contributed by atoms with Crippen molar-refractivity contribution in [2.45, 2.75) is 38.1 Å². The van der Waals surface area contributed by atoms with Crippen LogP contribution in [0.4, 0.5) is 0 Å². The largest absolute Gasteiger partial charge is 0.313 e. The summed E-state index contributed by atoms with van der Waals surface area (Å²) in [6.45, 7) is 2.16. The second-order valence-electron chi connectivity index (χ2n) is 4.82. The monoisotopic (exact) mass is 206 g/mol. The summed E-state index contributed by atoms with van der Waals surface area (Å²) in [7, 11) is 0. The van der Waals surface area contributed by atoms with E-state index in [1.54, 1.807) is 0 Å². The van der Waals surface area contributed by atoms with Gasteiger partial charge >= 0.3 is 0 Å². The molecule has 0 radical (unpaired) electrons. The highest BCUT2D eigenvalue weighted by molar-refractivity contribution is 4.96. The Morgan fingerprint density at radius 1 is 1.33 bits per heavy atom. The van der Waals surface area contributed by atoms with Crippen LogP contribution in [0.15, 0.2) is 6.33 Å². The van der Waals surface area contributed by atoms with Crippen molar-refractivity contribution in [3.8, 4) is 0 Å². The lowest BCUT2D eigenvalue weighted by Crippen LogP contribution is -2.43. The van der Waals surface area contributed by atoms with Crippen molar-refractivity contribution in [2.24, 2.45) is 5.92 Å². The average molecular weight is 206 g/mol. The summed E-state index contributed by atoms with van der Waals surface area (Å²) in [5.41, 5.74) is 0. The number of nitrogens with one attached hydrogen (secondary N) is 1. The van der Waals surface area contributed by atoms with Crippen molar-refractivity contribution in [1.82, 2.24) is 20.1 Å². The zero-order chi connectivity index (χ0) is 10.1. The Bertz CT molecular complexity index is 323. The summed E-state index contributed by atoms with van der Waals surface area (Å²) in [6, 6.07) is 0.608. The fourth-order valence-corrected chi connectivity index (χ4v) is 2.66. The van der Waals surface area contributed by atoms with Crippen LogP contribution in [0.2, 0.25) is 0 Å². The molecule has 1 N–H and O–H groups in total. The molecule has 0 spiro atoms. The molecule has 2 fully saturated rings. The molecule has 1 aromatic rings. The maximum absolute atomic E-state index is 4.27. The molecule has 0 aromatic carbocycles. The van der Waals surface area contributed by atoms with E-state index in [-0.39, 0.29) is 0 Å². The first-order valence-electron chi connectivity index (χ1n) is 6.02. The Morgan fingerprint density at radius 3 is 2.80 bits per heavy atom. The number of rotatable bonds is 3. The smallest absolute Gasteiger partial charge is 0.133 e. The zero-order valence-electron chi connectivity index (χ0n) is 9.02. The zero-order valence-corrected chi connectivity index (χ0v) is 9.02. The normalized spacial score (nSPS) is 23.2. The third-order valence-corrected chi connectivity index (χ3v) is 3.75. The van der Waals surface area contributed by atoms with Crippen molar-refractivity contribution in [3.05, 3.63) is 12.2 Å². The quantitative estimate of drug-likeness (QED) is 0.807. The summed E-state index contributed by atoms with van der Waals surface area (Å²) >= 11 is 0. The van der Waals surface area contributed by atoms with Crippen molar-refractivity contribution in [2.75, 3.05) is 13.1 Å². The molecule has 4 heteroatoms. The topological polar surface area (TPSA) is 42.7 Å². The van der Waals surface area contributed by atoms with Crippen LogP contribution in [0.3, 0.4) is 0 Å². The van der Waals surface area contributed by atoms with Crippen LogP contribution in [-0.2, 0) is 6.42 Å². The van der Waals surface area contributed by atoms with E-state index in [1.165, 1.54) is 31.5 Å². The number of nitrogens with zero attached hydrogens (tertiary/aromatic N) is 3. The molecule has 1 aliphatic heterocycles. The van der Waals surface area contributed by atoms with Crippen molar-refractivity contribution < 1.29 is 0 Å². The molecule has 0 atom stereocenters. The number of aromatic nitrogens is 3. The predicted octanol–water partition coefficient (Wildman–Crippen LogP) is 1.16. The number of hydrogen-bond donors (Lipinski definition) is 1. The van der Waals surface area contributed by atoms with Gasteiger partial charge in [0, 0.05) is 19.5 Å². The highest BCUT2D eigenvalue weighted by Crippen LogP contribution is 2.28. The van der Waals surface area contributed by atoms with Gasteiger partial charge in [0.15, 0.2) is 0 Å². The van der Waals surface area contributed by atoms with Gasteiger partial charge in [-0.15, -0.1) is 10.2 Å². The molecule has 0 unspecified atom stereocenters. The molecule has 15 heavy (non-hydrogen) atoms. The molecular formula is C11H18N4. The average Bonchev–Trinajstić information content (AvgIpc) is 2.76. The Hall–Kier alpha value is -0.900. The predicted molar refractivity (Wildman–Crippen MR) is 57.6 cm³/mol. The molecule has 0 amide bonds. The van der Waals surface area contributed by atoms with Crippen molar-refractivity contribution >= 4 is 0 Å². The molecule has 0 bridgehead atoms. The molecule has 2 heterocycles. The Kier molecular flexibility index (Phi) is 2.44. The lowest BCUT2D eigenvalue weighted by atomic mass is 10.0. The van der Waals surface area contributed by atoms with Gasteiger partial charge in [0.1, 0.15) is 12.2 Å². The van der Waals surface area contributed by atoms with Gasteiger partial charge < -0.3 is 9.88 Å². The summed E-state index contributed by atoms with van der Waals surface area (Å²) in [4.78, 5) is 0.